The Hall–Kier alpha value is -0.790. The minimum Gasteiger partial charge on any atom is -0.549 e. The van der Waals surface area contributed by atoms with Crippen LogP contribution in [-0.4, -0.2) is 60.4 Å². The van der Waals surface area contributed by atoms with Crippen molar-refractivity contribution < 1.29 is 24.2 Å². The van der Waals surface area contributed by atoms with Gasteiger partial charge in [-0.15, -0.1) is 11.8 Å². The van der Waals surface area contributed by atoms with Crippen molar-refractivity contribution in [2.75, 3.05) is 37.8 Å². The number of aliphatic carboxylic acids is 1. The molecule has 0 saturated carbocycles. The van der Waals surface area contributed by atoms with E-state index in [1.807, 2.05) is 0 Å². The summed E-state index contributed by atoms with van der Waals surface area (Å²) in [6, 6.07) is 0. The van der Waals surface area contributed by atoms with Crippen LogP contribution in [0.15, 0.2) is 0 Å². The van der Waals surface area contributed by atoms with E-state index in [4.69, 9.17) is 9.47 Å². The fourth-order valence-corrected chi connectivity index (χ4v) is 2.82. The monoisotopic (exact) mass is 274 g/mol. The second-order valence-corrected chi connectivity index (χ2v) is 5.34. The van der Waals surface area contributed by atoms with Gasteiger partial charge >= 0.3 is 0 Å². The average molecular weight is 274 g/mol. The molecule has 2 heterocycles. The molecule has 2 aliphatic heterocycles. The molecule has 6 nitrogen and oxygen atoms in total. The maximum absolute atomic E-state index is 11.8. The molecule has 0 bridgehead atoms. The van der Waals surface area contributed by atoms with Crippen LogP contribution in [0, 0.1) is 0 Å². The maximum Gasteiger partial charge on any atom is 0.232 e. The van der Waals surface area contributed by atoms with Crippen molar-refractivity contribution in [3.05, 3.63) is 0 Å². The number of carbonyl (C=O) groups excluding carboxylic acids is 2. The first kappa shape index (κ1) is 13.6. The summed E-state index contributed by atoms with van der Waals surface area (Å²) in [5.41, 5.74) is 0. The number of amides is 1. The Morgan fingerprint density at radius 1 is 1.17 bits per heavy atom. The van der Waals surface area contributed by atoms with E-state index in [0.717, 1.165) is 11.8 Å². The topological polar surface area (TPSA) is 78.9 Å². The number of ether oxygens (including phenoxy) is 2. The van der Waals surface area contributed by atoms with Crippen LogP contribution < -0.4 is 5.11 Å². The molecule has 2 saturated heterocycles. The SMILES string of the molecule is O=C([O-])CSCC(=O)N1CCC2(CC1)OCCO2. The molecule has 0 unspecified atom stereocenters. The average Bonchev–Trinajstić information content (AvgIpc) is 2.78. The van der Waals surface area contributed by atoms with E-state index < -0.39 is 11.8 Å². The summed E-state index contributed by atoms with van der Waals surface area (Å²) < 4.78 is 11.1. The zero-order valence-electron chi connectivity index (χ0n) is 10.1. The van der Waals surface area contributed by atoms with Crippen LogP contribution in [0.2, 0.25) is 0 Å². The van der Waals surface area contributed by atoms with E-state index in [0.29, 0.717) is 39.1 Å². The normalized spacial score (nSPS) is 22.3. The molecular formula is C11H16NO5S-. The molecule has 0 N–H and O–H groups in total. The lowest BCUT2D eigenvalue weighted by atomic mass is 10.0. The van der Waals surface area contributed by atoms with Gasteiger partial charge in [0.15, 0.2) is 5.79 Å². The lowest BCUT2D eigenvalue weighted by Crippen LogP contribution is -2.47. The number of carboxylic acid groups (broad SMARTS) is 1. The predicted octanol–water partition coefficient (Wildman–Crippen LogP) is -1.16. The Morgan fingerprint density at radius 2 is 1.78 bits per heavy atom. The third-order valence-corrected chi connectivity index (χ3v) is 4.03. The summed E-state index contributed by atoms with van der Waals surface area (Å²) in [5.74, 6) is -1.61. The number of carbonyl (C=O) groups is 2. The number of hydrogen-bond acceptors (Lipinski definition) is 6. The Morgan fingerprint density at radius 3 is 2.33 bits per heavy atom. The Kier molecular flexibility index (Phi) is 4.47. The Bertz CT molecular complexity index is 319. The lowest BCUT2D eigenvalue weighted by Gasteiger charge is -2.37. The van der Waals surface area contributed by atoms with Crippen molar-refractivity contribution in [3.8, 4) is 0 Å². The Labute approximate surface area is 110 Å². The Balaban J connectivity index is 1.72. The van der Waals surface area contributed by atoms with Crippen LogP contribution in [0.1, 0.15) is 12.8 Å². The van der Waals surface area contributed by atoms with Gasteiger partial charge in [0.2, 0.25) is 5.91 Å². The van der Waals surface area contributed by atoms with Gasteiger partial charge in [-0.05, 0) is 0 Å². The van der Waals surface area contributed by atoms with Crippen LogP contribution in [0.4, 0.5) is 0 Å². The third-order valence-electron chi connectivity index (χ3n) is 3.14. The summed E-state index contributed by atoms with van der Waals surface area (Å²) >= 11 is 1.07. The highest BCUT2D eigenvalue weighted by molar-refractivity contribution is 8.00. The minimum absolute atomic E-state index is 0.0332. The standard InChI is InChI=1S/C11H17NO5S/c13-9(7-18-8-10(14)15)12-3-1-11(2-4-12)16-5-6-17-11/h1-8H2,(H,14,15)/p-1. The number of nitrogens with zero attached hydrogens (tertiary/aromatic N) is 1. The molecule has 0 aromatic heterocycles. The van der Waals surface area contributed by atoms with Gasteiger partial charge in [-0.2, -0.15) is 0 Å². The summed E-state index contributed by atoms with van der Waals surface area (Å²) in [4.78, 5) is 23.8. The summed E-state index contributed by atoms with van der Waals surface area (Å²) in [5, 5.41) is 10.2. The first-order valence-electron chi connectivity index (χ1n) is 5.95. The van der Waals surface area contributed by atoms with E-state index in [1.54, 1.807) is 4.90 Å². The van der Waals surface area contributed by atoms with Crippen molar-refractivity contribution in [1.29, 1.82) is 0 Å². The van der Waals surface area contributed by atoms with Gasteiger partial charge in [-0.1, -0.05) is 0 Å². The zero-order chi connectivity index (χ0) is 13.0. The molecule has 7 heteroatoms. The molecule has 2 aliphatic rings. The molecule has 0 aliphatic carbocycles. The van der Waals surface area contributed by atoms with Crippen molar-refractivity contribution in [2.24, 2.45) is 0 Å². The summed E-state index contributed by atoms with van der Waals surface area (Å²) in [6.07, 6.45) is 1.37. The number of likely N-dealkylation sites (tertiary alicyclic amines) is 1. The molecule has 0 aromatic carbocycles. The van der Waals surface area contributed by atoms with Crippen LogP contribution in [0.3, 0.4) is 0 Å². The van der Waals surface area contributed by atoms with Gasteiger partial charge in [0.05, 0.1) is 24.9 Å². The predicted molar refractivity (Wildman–Crippen MR) is 62.8 cm³/mol. The second kappa shape index (κ2) is 5.90. The fourth-order valence-electron chi connectivity index (χ4n) is 2.20. The van der Waals surface area contributed by atoms with Crippen LogP contribution in [0.5, 0.6) is 0 Å². The van der Waals surface area contributed by atoms with E-state index >= 15 is 0 Å². The van der Waals surface area contributed by atoms with Gasteiger partial charge < -0.3 is 24.3 Å². The quantitative estimate of drug-likeness (QED) is 0.643. The summed E-state index contributed by atoms with van der Waals surface area (Å²) in [7, 11) is 0. The number of rotatable bonds is 4. The number of thioether (sulfide) groups is 1. The molecule has 102 valence electrons. The largest absolute Gasteiger partial charge is 0.549 e. The van der Waals surface area contributed by atoms with Crippen LogP contribution in [-0.2, 0) is 19.1 Å². The molecule has 1 spiro atoms. The highest BCUT2D eigenvalue weighted by Gasteiger charge is 2.40. The van der Waals surface area contributed by atoms with E-state index in [1.165, 1.54) is 0 Å². The maximum atomic E-state index is 11.8. The van der Waals surface area contributed by atoms with Crippen molar-refractivity contribution >= 4 is 23.6 Å². The van der Waals surface area contributed by atoms with Crippen LogP contribution >= 0.6 is 11.8 Å². The van der Waals surface area contributed by atoms with Gasteiger partial charge in [0, 0.05) is 31.7 Å². The van der Waals surface area contributed by atoms with Gasteiger partial charge in [0.1, 0.15) is 0 Å². The molecular weight excluding hydrogens is 258 g/mol. The zero-order valence-corrected chi connectivity index (χ0v) is 10.9. The highest BCUT2D eigenvalue weighted by atomic mass is 32.2. The third kappa shape index (κ3) is 3.37. The molecule has 0 aromatic rings. The van der Waals surface area contributed by atoms with Crippen molar-refractivity contribution in [1.82, 2.24) is 4.90 Å². The molecule has 18 heavy (non-hydrogen) atoms. The number of hydrogen-bond donors (Lipinski definition) is 0. The first-order chi connectivity index (χ1) is 8.61. The van der Waals surface area contributed by atoms with Crippen molar-refractivity contribution in [3.63, 3.8) is 0 Å². The van der Waals surface area contributed by atoms with Gasteiger partial charge in [0.25, 0.3) is 0 Å². The van der Waals surface area contributed by atoms with Crippen LogP contribution in [0.25, 0.3) is 0 Å². The first-order valence-corrected chi connectivity index (χ1v) is 7.10. The smallest absolute Gasteiger partial charge is 0.232 e. The highest BCUT2D eigenvalue weighted by Crippen LogP contribution is 2.31. The van der Waals surface area contributed by atoms with Gasteiger partial charge in [-0.3, -0.25) is 4.79 Å². The minimum atomic E-state index is -1.14. The fraction of sp³-hybridized carbons (Fsp3) is 0.818. The summed E-state index contributed by atoms with van der Waals surface area (Å²) in [6.45, 7) is 2.44. The number of carboxylic acids is 1. The molecule has 1 amide bonds. The molecule has 0 radical (unpaired) electrons. The lowest BCUT2D eigenvalue weighted by molar-refractivity contribution is -0.301. The molecule has 2 rings (SSSR count). The second-order valence-electron chi connectivity index (χ2n) is 4.35. The molecule has 2 fully saturated rings. The van der Waals surface area contributed by atoms with E-state index in [9.17, 15) is 14.7 Å². The van der Waals surface area contributed by atoms with E-state index in [-0.39, 0.29) is 17.4 Å². The van der Waals surface area contributed by atoms with Gasteiger partial charge in [-0.25, -0.2) is 0 Å². The van der Waals surface area contributed by atoms with E-state index in [2.05, 4.69) is 0 Å². The molecule has 0 atom stereocenters. The number of piperidine rings is 1. The van der Waals surface area contributed by atoms with Crippen molar-refractivity contribution in [2.45, 2.75) is 18.6 Å².